The molecule has 2 aliphatic rings. The van der Waals surface area contributed by atoms with E-state index in [1.54, 1.807) is 33.9 Å². The average Bonchev–Trinajstić information content (AvgIpc) is 3.35. The Kier molecular flexibility index (Phi) is 9.04. The molecule has 1 aliphatic carbocycles. The maximum Gasteiger partial charge on any atom is 0.274 e. The number of aromatic nitrogens is 2. The van der Waals surface area contributed by atoms with Crippen molar-refractivity contribution in [2.45, 2.75) is 57.9 Å². The molecule has 1 aromatic carbocycles. The van der Waals surface area contributed by atoms with Gasteiger partial charge < -0.3 is 25.0 Å². The highest BCUT2D eigenvalue weighted by Gasteiger charge is 2.44. The van der Waals surface area contributed by atoms with Crippen LogP contribution in [0.25, 0.3) is 0 Å². The van der Waals surface area contributed by atoms with Gasteiger partial charge in [0, 0.05) is 45.8 Å². The van der Waals surface area contributed by atoms with Gasteiger partial charge in [0.15, 0.2) is 0 Å². The number of fused-ring (bicyclic) bond motifs is 2. The van der Waals surface area contributed by atoms with Crippen LogP contribution in [0.1, 0.15) is 67.6 Å². The number of nitrogens with zero attached hydrogens (tertiary/aromatic N) is 4. The molecule has 1 saturated heterocycles. The minimum atomic E-state index is -1.24. The van der Waals surface area contributed by atoms with E-state index in [-0.39, 0.29) is 49.7 Å². The second kappa shape index (κ2) is 12.4. The number of nitrogens with one attached hydrogen (secondary N) is 2. The van der Waals surface area contributed by atoms with Crippen LogP contribution in [0.3, 0.4) is 0 Å². The van der Waals surface area contributed by atoms with Crippen molar-refractivity contribution in [2.24, 2.45) is 13.0 Å². The standard InChI is InChI=1S/C29H40N6O4/c1-21(2)12-16-35-19-25(36)32-29(13-6-9-22-8-4-5-10-23(22)29)28(39)30-14-17-34(15-7-11-26(35)37)27(38)24-18-33(3)20-31-24/h4-5,8,10,18,20-21H,6-7,9,11-17,19H2,1-3H3,(H,30,39)(H,32,36). The van der Waals surface area contributed by atoms with Crippen LogP contribution in [0.5, 0.6) is 0 Å². The van der Waals surface area contributed by atoms with Crippen molar-refractivity contribution in [3.63, 3.8) is 0 Å². The normalized spacial score (nSPS) is 21.4. The van der Waals surface area contributed by atoms with Gasteiger partial charge >= 0.3 is 0 Å². The van der Waals surface area contributed by atoms with Crippen molar-refractivity contribution < 1.29 is 19.2 Å². The molecule has 210 valence electrons. The SMILES string of the molecule is CC(C)CCN1CC(=O)NC2(CCCc3ccccc32)C(=O)NCCN(C(=O)c2cn(C)cn2)CCCC1=O. The summed E-state index contributed by atoms with van der Waals surface area (Å²) in [5.74, 6) is -0.654. The van der Waals surface area contributed by atoms with Crippen molar-refractivity contribution in [2.75, 3.05) is 32.7 Å². The summed E-state index contributed by atoms with van der Waals surface area (Å²) in [6, 6.07) is 7.71. The van der Waals surface area contributed by atoms with E-state index in [9.17, 15) is 19.2 Å². The molecule has 1 fully saturated rings. The van der Waals surface area contributed by atoms with Crippen molar-refractivity contribution in [1.29, 1.82) is 0 Å². The Bertz CT molecular complexity index is 1210. The van der Waals surface area contributed by atoms with Crippen LogP contribution in [-0.4, -0.2) is 75.7 Å². The fraction of sp³-hybridized carbons (Fsp3) is 0.552. The quantitative estimate of drug-likeness (QED) is 0.620. The summed E-state index contributed by atoms with van der Waals surface area (Å²) >= 11 is 0. The van der Waals surface area contributed by atoms with Gasteiger partial charge in [-0.2, -0.15) is 0 Å². The lowest BCUT2D eigenvalue weighted by Gasteiger charge is -2.39. The van der Waals surface area contributed by atoms with Crippen molar-refractivity contribution in [3.05, 3.63) is 53.6 Å². The number of hydrogen-bond acceptors (Lipinski definition) is 5. The molecule has 1 aliphatic heterocycles. The number of imidazole rings is 1. The molecule has 39 heavy (non-hydrogen) atoms. The van der Waals surface area contributed by atoms with Crippen molar-refractivity contribution >= 4 is 23.6 Å². The van der Waals surface area contributed by atoms with Crippen LogP contribution in [0.4, 0.5) is 0 Å². The van der Waals surface area contributed by atoms with Crippen LogP contribution < -0.4 is 10.6 Å². The Morgan fingerprint density at radius 1 is 1.10 bits per heavy atom. The first-order valence-corrected chi connectivity index (χ1v) is 13.9. The lowest BCUT2D eigenvalue weighted by Crippen LogP contribution is -2.60. The second-order valence-electron chi connectivity index (χ2n) is 11.0. The highest BCUT2D eigenvalue weighted by Crippen LogP contribution is 2.35. The molecule has 1 aromatic heterocycles. The maximum atomic E-state index is 13.9. The van der Waals surface area contributed by atoms with E-state index < -0.39 is 5.54 Å². The van der Waals surface area contributed by atoms with Gasteiger partial charge in [-0.1, -0.05) is 38.1 Å². The summed E-state index contributed by atoms with van der Waals surface area (Å²) in [5.41, 5.74) is 0.897. The summed E-state index contributed by atoms with van der Waals surface area (Å²) in [5, 5.41) is 6.06. The molecular weight excluding hydrogens is 496 g/mol. The van der Waals surface area contributed by atoms with Crippen molar-refractivity contribution in [1.82, 2.24) is 30.0 Å². The van der Waals surface area contributed by atoms with E-state index >= 15 is 0 Å². The van der Waals surface area contributed by atoms with E-state index in [0.717, 1.165) is 30.4 Å². The molecule has 1 unspecified atom stereocenters. The molecule has 0 saturated carbocycles. The molecule has 4 amide bonds. The Balaban J connectivity index is 1.64. The number of carbonyl (C=O) groups excluding carboxylic acids is 4. The lowest BCUT2D eigenvalue weighted by atomic mass is 9.75. The third-order valence-electron chi connectivity index (χ3n) is 7.58. The van der Waals surface area contributed by atoms with Gasteiger partial charge in [-0.15, -0.1) is 0 Å². The van der Waals surface area contributed by atoms with Crippen molar-refractivity contribution in [3.8, 4) is 0 Å². The fourth-order valence-corrected chi connectivity index (χ4v) is 5.45. The van der Waals surface area contributed by atoms with Gasteiger partial charge in [0.05, 0.1) is 12.9 Å². The van der Waals surface area contributed by atoms with Crippen LogP contribution in [0, 0.1) is 5.92 Å². The topological polar surface area (TPSA) is 117 Å². The Hall–Kier alpha value is -3.69. The first kappa shape index (κ1) is 28.3. The lowest BCUT2D eigenvalue weighted by molar-refractivity contribution is -0.139. The number of hydrogen-bond donors (Lipinski definition) is 2. The number of aryl methyl sites for hydroxylation is 2. The second-order valence-corrected chi connectivity index (χ2v) is 11.0. The third-order valence-corrected chi connectivity index (χ3v) is 7.58. The molecular formula is C29H40N6O4. The first-order chi connectivity index (χ1) is 18.7. The van der Waals surface area contributed by atoms with Crippen LogP contribution in [0.2, 0.25) is 0 Å². The zero-order valence-corrected chi connectivity index (χ0v) is 23.2. The van der Waals surface area contributed by atoms with Gasteiger partial charge in [0.25, 0.3) is 11.8 Å². The maximum absolute atomic E-state index is 13.9. The molecule has 2 N–H and O–H groups in total. The van der Waals surface area contributed by atoms with Crippen LogP contribution in [0.15, 0.2) is 36.8 Å². The Labute approximate surface area is 230 Å². The zero-order valence-electron chi connectivity index (χ0n) is 23.2. The third kappa shape index (κ3) is 6.66. The van der Waals surface area contributed by atoms with Gasteiger partial charge in [-0.25, -0.2) is 4.98 Å². The van der Waals surface area contributed by atoms with Gasteiger partial charge in [0.2, 0.25) is 11.8 Å². The summed E-state index contributed by atoms with van der Waals surface area (Å²) in [7, 11) is 1.80. The van der Waals surface area contributed by atoms with Crippen LogP contribution in [-0.2, 0) is 33.4 Å². The Morgan fingerprint density at radius 3 is 2.64 bits per heavy atom. The number of rotatable bonds is 4. The van der Waals surface area contributed by atoms with E-state index in [1.807, 2.05) is 24.3 Å². The largest absolute Gasteiger partial charge is 0.352 e. The van der Waals surface area contributed by atoms with Gasteiger partial charge in [-0.3, -0.25) is 19.2 Å². The highest BCUT2D eigenvalue weighted by atomic mass is 16.2. The molecule has 0 bridgehead atoms. The van der Waals surface area contributed by atoms with Crippen LogP contribution >= 0.6 is 0 Å². The predicted molar refractivity (Wildman–Crippen MR) is 147 cm³/mol. The molecule has 10 nitrogen and oxygen atoms in total. The smallest absolute Gasteiger partial charge is 0.274 e. The molecule has 10 heteroatoms. The minimum Gasteiger partial charge on any atom is -0.352 e. The number of benzene rings is 1. The zero-order chi connectivity index (χ0) is 28.0. The summed E-state index contributed by atoms with van der Waals surface area (Å²) in [4.78, 5) is 61.2. The molecule has 2 aromatic rings. The molecule has 1 spiro atoms. The number of amides is 4. The monoisotopic (exact) mass is 536 g/mol. The molecule has 0 radical (unpaired) electrons. The molecule has 2 heterocycles. The van der Waals surface area contributed by atoms with Gasteiger partial charge in [-0.05, 0) is 49.1 Å². The fourth-order valence-electron chi connectivity index (χ4n) is 5.45. The van der Waals surface area contributed by atoms with Gasteiger partial charge in [0.1, 0.15) is 11.2 Å². The highest BCUT2D eigenvalue weighted by molar-refractivity contribution is 5.95. The minimum absolute atomic E-state index is 0.112. The first-order valence-electron chi connectivity index (χ1n) is 13.9. The average molecular weight is 537 g/mol. The Morgan fingerprint density at radius 2 is 1.90 bits per heavy atom. The van der Waals surface area contributed by atoms with E-state index in [4.69, 9.17) is 0 Å². The number of carbonyl (C=O) groups is 4. The van der Waals surface area contributed by atoms with E-state index in [0.29, 0.717) is 37.5 Å². The summed E-state index contributed by atoms with van der Waals surface area (Å²) < 4.78 is 1.71. The molecule has 4 rings (SSSR count). The molecule has 1 atom stereocenters. The summed E-state index contributed by atoms with van der Waals surface area (Å²) in [6.45, 7) is 5.32. The predicted octanol–water partition coefficient (Wildman–Crippen LogP) is 2.00. The summed E-state index contributed by atoms with van der Waals surface area (Å²) in [6.07, 6.45) is 6.68. The van der Waals surface area contributed by atoms with E-state index in [1.165, 1.54) is 0 Å². The van der Waals surface area contributed by atoms with E-state index in [2.05, 4.69) is 29.5 Å².